The van der Waals surface area contributed by atoms with Gasteiger partial charge in [0, 0.05) is 12.1 Å². The van der Waals surface area contributed by atoms with Crippen LogP contribution in [0.2, 0.25) is 5.02 Å². The summed E-state index contributed by atoms with van der Waals surface area (Å²) in [7, 11) is 0. The lowest BCUT2D eigenvalue weighted by Gasteiger charge is -2.36. The Bertz CT molecular complexity index is 1240. The van der Waals surface area contributed by atoms with Gasteiger partial charge in [-0.3, -0.25) is 4.90 Å². The Hall–Kier alpha value is -3.11. The van der Waals surface area contributed by atoms with Gasteiger partial charge < -0.3 is 9.30 Å². The van der Waals surface area contributed by atoms with Crippen LogP contribution in [-0.2, 0) is 17.8 Å². The Morgan fingerprint density at radius 3 is 3.06 bits per heavy atom. The lowest BCUT2D eigenvalue weighted by molar-refractivity contribution is 0.00415. The van der Waals surface area contributed by atoms with Crippen molar-refractivity contribution >= 4 is 34.4 Å². The number of nitrogens with zero attached hydrogens (tertiary/aromatic N) is 4. The predicted octanol–water partition coefficient (Wildman–Crippen LogP) is 5.96. The molecule has 3 aromatic rings. The molecule has 2 heterocycles. The van der Waals surface area contributed by atoms with Gasteiger partial charge in [-0.1, -0.05) is 29.8 Å². The highest BCUT2D eigenvalue weighted by molar-refractivity contribution is 6.30. The Balaban J connectivity index is 1.31. The summed E-state index contributed by atoms with van der Waals surface area (Å²) in [6.07, 6.45) is 4.95. The van der Waals surface area contributed by atoms with Gasteiger partial charge in [-0.25, -0.2) is 19.0 Å². The highest BCUT2D eigenvalue weighted by Crippen LogP contribution is 2.41. The second-order valence-electron chi connectivity index (χ2n) is 8.76. The van der Waals surface area contributed by atoms with Crippen LogP contribution in [0.5, 0.6) is 0 Å². The van der Waals surface area contributed by atoms with E-state index in [9.17, 15) is 9.18 Å². The average molecular weight is 453 g/mol. The van der Waals surface area contributed by atoms with Crippen LogP contribution < -0.4 is 0 Å². The number of halogens is 2. The van der Waals surface area contributed by atoms with E-state index in [0.717, 1.165) is 43.3 Å². The fraction of sp³-hybridized carbons (Fsp3) is 0.375. The van der Waals surface area contributed by atoms with E-state index >= 15 is 0 Å². The van der Waals surface area contributed by atoms with Crippen molar-refractivity contribution in [2.24, 2.45) is 5.92 Å². The number of hydrogen-bond donors (Lipinski definition) is 0. The lowest BCUT2D eigenvalue weighted by Crippen LogP contribution is -2.40. The van der Waals surface area contributed by atoms with Crippen LogP contribution in [0, 0.1) is 18.3 Å². The number of carbonyl (C=O) groups is 1. The summed E-state index contributed by atoms with van der Waals surface area (Å²) < 4.78 is 22.3. The van der Waals surface area contributed by atoms with Crippen LogP contribution in [0.3, 0.4) is 0 Å². The van der Waals surface area contributed by atoms with E-state index in [1.807, 2.05) is 18.5 Å². The number of aromatic nitrogens is 2. The molecule has 0 bridgehead atoms. The van der Waals surface area contributed by atoms with Crippen LogP contribution in [0.15, 0.2) is 42.7 Å². The maximum absolute atomic E-state index is 14.3. The third-order valence-corrected chi connectivity index (χ3v) is 6.82. The molecule has 32 heavy (non-hydrogen) atoms. The molecule has 1 amide bonds. The molecule has 1 aliphatic carbocycles. The van der Waals surface area contributed by atoms with Gasteiger partial charge >= 0.3 is 6.09 Å². The molecule has 6 nitrogen and oxygen atoms in total. The number of imidazole rings is 1. The molecular weight excluding hydrogens is 431 g/mol. The highest BCUT2D eigenvalue weighted by Gasteiger charge is 2.48. The molecule has 2 aliphatic rings. The molecule has 2 atom stereocenters. The van der Waals surface area contributed by atoms with Gasteiger partial charge in [0.05, 0.1) is 42.0 Å². The standard InChI is InChI=1S/C24H22ClFN4O2/c1-27-18-7-8-20-21(10-18)30(15-28-20)12-16-4-3-9-24(11-16)14-29(23(31)32-24)13-17-5-2-6-19(25)22(17)26/h2,5-8,10,15-16H,3-4,9,11-14H2/t16-,24-/m0/s1. The van der Waals surface area contributed by atoms with Gasteiger partial charge in [-0.15, -0.1) is 0 Å². The maximum Gasteiger partial charge on any atom is 0.410 e. The zero-order valence-corrected chi connectivity index (χ0v) is 18.2. The monoisotopic (exact) mass is 452 g/mol. The molecule has 1 saturated heterocycles. The van der Waals surface area contributed by atoms with Gasteiger partial charge in [-0.2, -0.15) is 0 Å². The maximum atomic E-state index is 14.3. The summed E-state index contributed by atoms with van der Waals surface area (Å²) in [4.78, 5) is 22.2. The third-order valence-electron chi connectivity index (χ3n) is 6.53. The number of amides is 1. The third kappa shape index (κ3) is 3.80. The molecule has 5 rings (SSSR count). The molecule has 0 unspecified atom stereocenters. The minimum Gasteiger partial charge on any atom is -0.441 e. The topological polar surface area (TPSA) is 51.7 Å². The minimum absolute atomic E-state index is 0.0523. The molecule has 0 N–H and O–H groups in total. The predicted molar refractivity (Wildman–Crippen MR) is 119 cm³/mol. The van der Waals surface area contributed by atoms with E-state index in [4.69, 9.17) is 22.9 Å². The van der Waals surface area contributed by atoms with Crippen molar-refractivity contribution in [1.29, 1.82) is 0 Å². The van der Waals surface area contributed by atoms with Crippen LogP contribution >= 0.6 is 11.6 Å². The van der Waals surface area contributed by atoms with Crippen LogP contribution in [0.4, 0.5) is 14.9 Å². The highest BCUT2D eigenvalue weighted by atomic mass is 35.5. The minimum atomic E-state index is -0.549. The van der Waals surface area contributed by atoms with Gasteiger partial charge in [0.2, 0.25) is 0 Å². The fourth-order valence-electron chi connectivity index (χ4n) is 5.06. The second-order valence-corrected chi connectivity index (χ2v) is 9.17. The van der Waals surface area contributed by atoms with Crippen molar-refractivity contribution in [2.45, 2.75) is 44.4 Å². The van der Waals surface area contributed by atoms with E-state index < -0.39 is 17.5 Å². The Labute approximate surface area is 190 Å². The van der Waals surface area contributed by atoms with E-state index in [2.05, 4.69) is 14.4 Å². The zero-order valence-electron chi connectivity index (χ0n) is 17.4. The van der Waals surface area contributed by atoms with Crippen LogP contribution in [0.25, 0.3) is 15.9 Å². The first-order valence-corrected chi connectivity index (χ1v) is 11.1. The summed E-state index contributed by atoms with van der Waals surface area (Å²) >= 11 is 5.89. The quantitative estimate of drug-likeness (QED) is 0.459. The first-order valence-electron chi connectivity index (χ1n) is 10.7. The Kier molecular flexibility index (Phi) is 5.26. The number of carbonyl (C=O) groups excluding carboxylic acids is 1. The van der Waals surface area contributed by atoms with Crippen molar-refractivity contribution < 1.29 is 13.9 Å². The molecule has 0 radical (unpaired) electrons. The molecule has 164 valence electrons. The molecule has 1 saturated carbocycles. The molecule has 1 spiro atoms. The van der Waals surface area contributed by atoms with Crippen molar-refractivity contribution in [2.75, 3.05) is 6.54 Å². The summed E-state index contributed by atoms with van der Waals surface area (Å²) in [6, 6.07) is 10.3. The fourth-order valence-corrected chi connectivity index (χ4v) is 5.26. The largest absolute Gasteiger partial charge is 0.441 e. The van der Waals surface area contributed by atoms with Gasteiger partial charge in [-0.05, 0) is 49.8 Å². The normalized spacial score (nSPS) is 23.0. The molecule has 1 aliphatic heterocycles. The molecule has 2 aromatic carbocycles. The summed E-state index contributed by atoms with van der Waals surface area (Å²) in [5, 5.41) is 0.0523. The number of ether oxygens (including phenoxy) is 1. The number of benzene rings is 2. The van der Waals surface area contributed by atoms with Gasteiger partial charge in [0.25, 0.3) is 0 Å². The Morgan fingerprint density at radius 1 is 1.34 bits per heavy atom. The number of rotatable bonds is 4. The smallest absolute Gasteiger partial charge is 0.410 e. The lowest BCUT2D eigenvalue weighted by atomic mass is 9.78. The van der Waals surface area contributed by atoms with Gasteiger partial charge in [0.1, 0.15) is 11.4 Å². The van der Waals surface area contributed by atoms with E-state index in [0.29, 0.717) is 23.7 Å². The summed E-state index contributed by atoms with van der Waals surface area (Å²) in [5.41, 5.74) is 2.24. The second kappa shape index (κ2) is 8.10. The van der Waals surface area contributed by atoms with E-state index in [-0.39, 0.29) is 11.6 Å². The molecule has 8 heteroatoms. The van der Waals surface area contributed by atoms with Gasteiger partial charge in [0.15, 0.2) is 5.69 Å². The molecule has 2 fully saturated rings. The van der Waals surface area contributed by atoms with Crippen molar-refractivity contribution in [3.8, 4) is 0 Å². The Morgan fingerprint density at radius 2 is 2.22 bits per heavy atom. The van der Waals surface area contributed by atoms with E-state index in [1.165, 1.54) is 6.07 Å². The summed E-state index contributed by atoms with van der Waals surface area (Å²) in [5.74, 6) is -0.177. The van der Waals surface area contributed by atoms with Crippen molar-refractivity contribution in [3.05, 3.63) is 70.5 Å². The average Bonchev–Trinajstić information content (AvgIpc) is 3.31. The zero-order chi connectivity index (χ0) is 22.3. The first-order chi connectivity index (χ1) is 15.5. The summed E-state index contributed by atoms with van der Waals surface area (Å²) in [6.45, 7) is 8.60. The molecule has 1 aromatic heterocycles. The van der Waals surface area contributed by atoms with Crippen molar-refractivity contribution in [3.63, 3.8) is 0 Å². The van der Waals surface area contributed by atoms with Crippen molar-refractivity contribution in [1.82, 2.24) is 14.5 Å². The van der Waals surface area contributed by atoms with Crippen LogP contribution in [0.1, 0.15) is 31.2 Å². The molecular formula is C24H22ClFN4O2. The number of hydrogen-bond acceptors (Lipinski definition) is 3. The first kappa shape index (κ1) is 20.8. The van der Waals surface area contributed by atoms with Crippen LogP contribution in [-0.4, -0.2) is 32.7 Å². The number of fused-ring (bicyclic) bond motifs is 1. The van der Waals surface area contributed by atoms with E-state index in [1.54, 1.807) is 23.1 Å². The SMILES string of the molecule is [C-]#[N+]c1ccc2ncn(C[C@H]3CCC[C@]4(C3)CN(Cc3cccc(Cl)c3F)C(=O)O4)c2c1.